The Morgan fingerprint density at radius 1 is 0.345 bits per heavy atom. The zero-order valence-electron chi connectivity index (χ0n) is 29.9. The topological polar surface area (TPSA) is 8.17 Å². The van der Waals surface area contributed by atoms with Gasteiger partial charge in [-0.3, -0.25) is 0 Å². The van der Waals surface area contributed by atoms with E-state index < -0.39 is 0 Å². The highest BCUT2D eigenvalue weighted by Crippen LogP contribution is 2.42. The Kier molecular flexibility index (Phi) is 7.39. The molecule has 0 aliphatic heterocycles. The molecule has 0 atom stereocenters. The summed E-state index contributed by atoms with van der Waals surface area (Å²) in [5.41, 5.74) is 11.7. The van der Waals surface area contributed by atoms with Gasteiger partial charge in [-0.15, -0.1) is 11.3 Å². The molecule has 55 heavy (non-hydrogen) atoms. The third-order valence-electron chi connectivity index (χ3n) is 11.0. The number of fused-ring (bicyclic) bond motifs is 8. The SMILES string of the molecule is c1ccc(-c2ccc(N(c3ccc(-c4ccc5c(ccc6sc7ccccc7c65)c4)cc3)c3ccc4c(c3)c3ccccc3n4-c3ccccc3)cc2)cc1. The molecule has 11 rings (SSSR count). The van der Waals surface area contributed by atoms with Crippen LogP contribution in [-0.2, 0) is 0 Å². The molecule has 0 unspecified atom stereocenters. The van der Waals surface area contributed by atoms with E-state index in [1.165, 1.54) is 75.0 Å². The Labute approximate surface area is 323 Å². The van der Waals surface area contributed by atoms with Gasteiger partial charge in [-0.2, -0.15) is 0 Å². The predicted octanol–water partition coefficient (Wildman–Crippen LogP) is 15.1. The van der Waals surface area contributed by atoms with Crippen LogP contribution >= 0.6 is 11.3 Å². The molecule has 0 bridgehead atoms. The van der Waals surface area contributed by atoms with E-state index in [0.717, 1.165) is 22.7 Å². The average molecular weight is 719 g/mol. The van der Waals surface area contributed by atoms with Gasteiger partial charge in [0, 0.05) is 53.7 Å². The van der Waals surface area contributed by atoms with Crippen LogP contribution in [0.2, 0.25) is 0 Å². The van der Waals surface area contributed by atoms with Crippen molar-refractivity contribution < 1.29 is 0 Å². The largest absolute Gasteiger partial charge is 0.310 e. The van der Waals surface area contributed by atoms with E-state index in [0.29, 0.717) is 0 Å². The molecule has 9 aromatic carbocycles. The van der Waals surface area contributed by atoms with Crippen LogP contribution in [0.3, 0.4) is 0 Å². The van der Waals surface area contributed by atoms with Crippen molar-refractivity contribution in [1.82, 2.24) is 4.57 Å². The number of hydrogen-bond donors (Lipinski definition) is 0. The standard InChI is InChI=1S/C52H34N2S/c1-3-11-35(12-4-1)36-19-25-41(26-20-36)53(43-29-31-49-47(34-43)45-15-7-9-17-48(45)54(49)40-13-5-2-6-14-40)42-27-21-37(22-28-42)38-23-30-44-39(33-38)24-32-51-52(44)46-16-8-10-18-50(46)55-51/h1-34H. The van der Waals surface area contributed by atoms with Crippen molar-refractivity contribution in [3.63, 3.8) is 0 Å². The number of benzene rings is 9. The van der Waals surface area contributed by atoms with E-state index in [9.17, 15) is 0 Å². The number of anilines is 3. The highest BCUT2D eigenvalue weighted by atomic mass is 32.1. The Hall–Kier alpha value is -6.94. The highest BCUT2D eigenvalue weighted by molar-refractivity contribution is 7.26. The van der Waals surface area contributed by atoms with Gasteiger partial charge in [-0.1, -0.05) is 127 Å². The van der Waals surface area contributed by atoms with E-state index in [2.05, 4.69) is 216 Å². The molecule has 0 radical (unpaired) electrons. The summed E-state index contributed by atoms with van der Waals surface area (Å²) in [7, 11) is 0. The average Bonchev–Trinajstić information content (AvgIpc) is 3.81. The van der Waals surface area contributed by atoms with Crippen LogP contribution in [0.5, 0.6) is 0 Å². The third kappa shape index (κ3) is 5.32. The summed E-state index contributed by atoms with van der Waals surface area (Å²) >= 11 is 1.87. The quantitative estimate of drug-likeness (QED) is 0.166. The molecule has 0 saturated carbocycles. The van der Waals surface area contributed by atoms with E-state index in [4.69, 9.17) is 0 Å². The number of thiophene rings is 1. The van der Waals surface area contributed by atoms with Gasteiger partial charge in [0.15, 0.2) is 0 Å². The maximum Gasteiger partial charge on any atom is 0.0542 e. The first-order chi connectivity index (χ1) is 27.3. The highest BCUT2D eigenvalue weighted by Gasteiger charge is 2.18. The number of hydrogen-bond acceptors (Lipinski definition) is 2. The molecular formula is C52H34N2S. The molecule has 0 fully saturated rings. The van der Waals surface area contributed by atoms with Gasteiger partial charge in [0.25, 0.3) is 0 Å². The lowest BCUT2D eigenvalue weighted by Gasteiger charge is -2.26. The molecule has 0 saturated heterocycles. The van der Waals surface area contributed by atoms with Gasteiger partial charge in [0.2, 0.25) is 0 Å². The van der Waals surface area contributed by atoms with Gasteiger partial charge in [-0.25, -0.2) is 0 Å². The molecule has 2 aromatic heterocycles. The Bertz CT molecular complexity index is 3180. The van der Waals surface area contributed by atoms with Crippen LogP contribution in [-0.4, -0.2) is 4.57 Å². The second-order valence-electron chi connectivity index (χ2n) is 14.2. The van der Waals surface area contributed by atoms with Crippen LogP contribution in [0.15, 0.2) is 206 Å². The van der Waals surface area contributed by atoms with Crippen LogP contribution in [0.25, 0.3) is 80.7 Å². The van der Waals surface area contributed by atoms with E-state index in [1.54, 1.807) is 0 Å². The molecule has 11 aromatic rings. The summed E-state index contributed by atoms with van der Waals surface area (Å²) < 4.78 is 5.05. The summed E-state index contributed by atoms with van der Waals surface area (Å²) in [5, 5.41) is 7.73. The van der Waals surface area contributed by atoms with Crippen molar-refractivity contribution in [3.8, 4) is 27.9 Å². The maximum absolute atomic E-state index is 2.38. The molecule has 0 aliphatic rings. The third-order valence-corrected chi connectivity index (χ3v) is 12.1. The summed E-state index contributed by atoms with van der Waals surface area (Å²) in [4.78, 5) is 2.38. The molecule has 2 heterocycles. The van der Waals surface area contributed by atoms with Crippen LogP contribution < -0.4 is 4.90 Å². The van der Waals surface area contributed by atoms with Gasteiger partial charge in [0.1, 0.15) is 0 Å². The fourth-order valence-electron chi connectivity index (χ4n) is 8.37. The zero-order valence-corrected chi connectivity index (χ0v) is 30.7. The van der Waals surface area contributed by atoms with Crippen molar-refractivity contribution >= 4 is 81.1 Å². The summed E-state index contributed by atoms with van der Waals surface area (Å²) in [6.07, 6.45) is 0. The Morgan fingerprint density at radius 2 is 0.927 bits per heavy atom. The normalized spacial score (nSPS) is 11.6. The molecule has 2 nitrogen and oxygen atoms in total. The Morgan fingerprint density at radius 3 is 1.69 bits per heavy atom. The Balaban J connectivity index is 1.03. The van der Waals surface area contributed by atoms with Crippen molar-refractivity contribution in [2.24, 2.45) is 0 Å². The number of rotatable bonds is 6. The van der Waals surface area contributed by atoms with Crippen LogP contribution in [0.1, 0.15) is 0 Å². The summed E-state index contributed by atoms with van der Waals surface area (Å²) in [6, 6.07) is 75.1. The van der Waals surface area contributed by atoms with Gasteiger partial charge in [0.05, 0.1) is 11.0 Å². The van der Waals surface area contributed by atoms with E-state index in [-0.39, 0.29) is 0 Å². The molecule has 0 N–H and O–H groups in total. The lowest BCUT2D eigenvalue weighted by Crippen LogP contribution is -2.10. The van der Waals surface area contributed by atoms with Crippen molar-refractivity contribution in [1.29, 1.82) is 0 Å². The summed E-state index contributed by atoms with van der Waals surface area (Å²) in [5.74, 6) is 0. The van der Waals surface area contributed by atoms with E-state index in [1.807, 2.05) is 11.3 Å². The van der Waals surface area contributed by atoms with Gasteiger partial charge < -0.3 is 9.47 Å². The second kappa shape index (κ2) is 12.9. The monoisotopic (exact) mass is 718 g/mol. The molecule has 3 heteroatoms. The molecule has 0 aliphatic carbocycles. The zero-order chi connectivity index (χ0) is 36.3. The number of para-hydroxylation sites is 2. The van der Waals surface area contributed by atoms with Crippen molar-refractivity contribution in [2.45, 2.75) is 0 Å². The van der Waals surface area contributed by atoms with Gasteiger partial charge >= 0.3 is 0 Å². The lowest BCUT2D eigenvalue weighted by atomic mass is 9.98. The summed E-state index contributed by atoms with van der Waals surface area (Å²) in [6.45, 7) is 0. The first-order valence-electron chi connectivity index (χ1n) is 18.8. The fourth-order valence-corrected chi connectivity index (χ4v) is 9.49. The minimum Gasteiger partial charge on any atom is -0.310 e. The number of nitrogens with zero attached hydrogens (tertiary/aromatic N) is 2. The number of aromatic nitrogens is 1. The van der Waals surface area contributed by atoms with Gasteiger partial charge in [-0.05, 0) is 112 Å². The predicted molar refractivity (Wildman–Crippen MR) is 237 cm³/mol. The smallest absolute Gasteiger partial charge is 0.0542 e. The van der Waals surface area contributed by atoms with Crippen molar-refractivity contribution in [3.05, 3.63) is 206 Å². The molecule has 0 amide bonds. The second-order valence-corrected chi connectivity index (χ2v) is 15.2. The maximum atomic E-state index is 2.38. The first-order valence-corrected chi connectivity index (χ1v) is 19.6. The van der Waals surface area contributed by atoms with Crippen LogP contribution in [0.4, 0.5) is 17.1 Å². The minimum atomic E-state index is 1.11. The molecular weight excluding hydrogens is 685 g/mol. The fraction of sp³-hybridized carbons (Fsp3) is 0. The van der Waals surface area contributed by atoms with Crippen molar-refractivity contribution in [2.75, 3.05) is 4.90 Å². The lowest BCUT2D eigenvalue weighted by molar-refractivity contribution is 1.18. The van der Waals surface area contributed by atoms with Crippen LogP contribution in [0, 0.1) is 0 Å². The molecule has 258 valence electrons. The minimum absolute atomic E-state index is 1.11. The first kappa shape index (κ1) is 31.6. The molecule has 0 spiro atoms. The van der Waals surface area contributed by atoms with E-state index >= 15 is 0 Å².